The number of hydrogen-bond acceptors (Lipinski definition) is 4. The minimum Gasteiger partial charge on any atom is -0.380 e. The third kappa shape index (κ3) is 3.78. The normalized spacial score (nSPS) is 12.5. The van der Waals surface area contributed by atoms with E-state index in [0.717, 1.165) is 0 Å². The van der Waals surface area contributed by atoms with E-state index in [1.165, 1.54) is 6.33 Å². The van der Waals surface area contributed by atoms with Crippen LogP contribution in [0.5, 0.6) is 0 Å². The lowest BCUT2D eigenvalue weighted by atomic mass is 10.3. The molecule has 15 heavy (non-hydrogen) atoms. The Bertz CT molecular complexity index is 367. The molecule has 0 saturated carbocycles. The van der Waals surface area contributed by atoms with E-state index in [4.69, 9.17) is 4.74 Å². The fraction of sp³-hybridized carbons (Fsp3) is 0.556. The molecule has 0 saturated heterocycles. The fourth-order valence-electron chi connectivity index (χ4n) is 1.05. The summed E-state index contributed by atoms with van der Waals surface area (Å²) in [4.78, 5) is 17.8. The molecule has 1 heterocycles. The lowest BCUT2D eigenvalue weighted by Gasteiger charge is -2.14. The summed E-state index contributed by atoms with van der Waals surface area (Å²) in [7, 11) is 0. The van der Waals surface area contributed by atoms with Crippen LogP contribution in [0.2, 0.25) is 0 Å². The van der Waals surface area contributed by atoms with Crippen molar-refractivity contribution in [1.82, 2.24) is 9.97 Å². The van der Waals surface area contributed by atoms with Crippen LogP contribution in [0, 0.1) is 3.57 Å². The van der Waals surface area contributed by atoms with Gasteiger partial charge in [-0.2, -0.15) is 0 Å². The summed E-state index contributed by atoms with van der Waals surface area (Å²) in [6.45, 7) is 5.21. The van der Waals surface area contributed by atoms with Crippen LogP contribution in [0.4, 0.5) is 5.82 Å². The molecule has 5 nitrogen and oxygen atoms in total. The highest BCUT2D eigenvalue weighted by atomic mass is 127. The molecule has 0 fully saturated rings. The van der Waals surface area contributed by atoms with Crippen LogP contribution in [0.25, 0.3) is 0 Å². The largest absolute Gasteiger partial charge is 0.380 e. The summed E-state index contributed by atoms with van der Waals surface area (Å²) in [6, 6.07) is 0.132. The van der Waals surface area contributed by atoms with Crippen molar-refractivity contribution in [1.29, 1.82) is 0 Å². The van der Waals surface area contributed by atoms with Gasteiger partial charge in [0.25, 0.3) is 5.56 Å². The summed E-state index contributed by atoms with van der Waals surface area (Å²) in [5.41, 5.74) is -0.128. The average Bonchev–Trinajstić information content (AvgIpc) is 2.22. The van der Waals surface area contributed by atoms with Gasteiger partial charge in [0.05, 0.1) is 12.9 Å². The summed E-state index contributed by atoms with van der Waals surface area (Å²) >= 11 is 1.97. The second-order valence-corrected chi connectivity index (χ2v) is 4.18. The van der Waals surface area contributed by atoms with Crippen molar-refractivity contribution in [3.63, 3.8) is 0 Å². The summed E-state index contributed by atoms with van der Waals surface area (Å²) < 4.78 is 5.83. The smallest absolute Gasteiger partial charge is 0.266 e. The molecule has 0 aliphatic heterocycles. The van der Waals surface area contributed by atoms with Crippen molar-refractivity contribution < 1.29 is 4.74 Å². The van der Waals surface area contributed by atoms with E-state index in [1.54, 1.807) is 0 Å². The van der Waals surface area contributed by atoms with E-state index in [0.29, 0.717) is 22.6 Å². The van der Waals surface area contributed by atoms with Crippen molar-refractivity contribution in [2.45, 2.75) is 19.9 Å². The van der Waals surface area contributed by atoms with Gasteiger partial charge in [0.1, 0.15) is 9.39 Å². The molecular weight excluding hydrogens is 309 g/mol. The highest BCUT2D eigenvalue weighted by Gasteiger charge is 2.08. The van der Waals surface area contributed by atoms with Crippen molar-refractivity contribution in [3.05, 3.63) is 20.3 Å². The van der Waals surface area contributed by atoms with E-state index in [2.05, 4.69) is 15.3 Å². The number of ether oxygens (including phenoxy) is 1. The van der Waals surface area contributed by atoms with Gasteiger partial charge >= 0.3 is 0 Å². The summed E-state index contributed by atoms with van der Waals surface area (Å²) in [5, 5.41) is 3.12. The molecule has 0 spiro atoms. The van der Waals surface area contributed by atoms with Gasteiger partial charge in [0, 0.05) is 12.6 Å². The van der Waals surface area contributed by atoms with Crippen LogP contribution in [-0.2, 0) is 4.74 Å². The zero-order valence-electron chi connectivity index (χ0n) is 8.71. The number of rotatable bonds is 5. The van der Waals surface area contributed by atoms with E-state index in [1.807, 2.05) is 36.4 Å². The topological polar surface area (TPSA) is 67.0 Å². The van der Waals surface area contributed by atoms with Crippen molar-refractivity contribution >= 4 is 28.4 Å². The zero-order chi connectivity index (χ0) is 11.3. The predicted molar refractivity (Wildman–Crippen MR) is 67.2 cm³/mol. The van der Waals surface area contributed by atoms with Crippen molar-refractivity contribution in [2.24, 2.45) is 0 Å². The van der Waals surface area contributed by atoms with E-state index < -0.39 is 0 Å². The number of nitrogens with one attached hydrogen (secondary N) is 2. The molecule has 1 rings (SSSR count). The Balaban J connectivity index is 2.64. The molecule has 1 aromatic heterocycles. The van der Waals surface area contributed by atoms with Gasteiger partial charge in [0.2, 0.25) is 0 Å². The third-order valence-corrected chi connectivity index (χ3v) is 2.75. The molecule has 1 atom stereocenters. The molecule has 1 unspecified atom stereocenters. The Morgan fingerprint density at radius 2 is 2.47 bits per heavy atom. The maximum Gasteiger partial charge on any atom is 0.266 e. The Labute approximate surface area is 102 Å². The maximum absolute atomic E-state index is 11.3. The highest BCUT2D eigenvalue weighted by molar-refractivity contribution is 14.1. The van der Waals surface area contributed by atoms with Gasteiger partial charge in [-0.3, -0.25) is 4.79 Å². The summed E-state index contributed by atoms with van der Waals surface area (Å²) in [5.74, 6) is 0.603. The molecule has 0 amide bonds. The molecule has 0 radical (unpaired) electrons. The molecule has 0 aliphatic rings. The number of anilines is 1. The van der Waals surface area contributed by atoms with Gasteiger partial charge in [0.15, 0.2) is 0 Å². The predicted octanol–water partition coefficient (Wildman–Crippen LogP) is 1.21. The van der Waals surface area contributed by atoms with E-state index in [9.17, 15) is 4.79 Å². The summed E-state index contributed by atoms with van der Waals surface area (Å²) in [6.07, 6.45) is 1.39. The molecule has 6 heteroatoms. The first-order valence-electron chi connectivity index (χ1n) is 4.72. The lowest BCUT2D eigenvalue weighted by molar-refractivity contribution is 0.141. The second kappa shape index (κ2) is 6.06. The maximum atomic E-state index is 11.3. The SMILES string of the molecule is CCOCC(C)Nc1nc[nH]c(=O)c1I. The quantitative estimate of drug-likeness (QED) is 0.800. The first-order chi connectivity index (χ1) is 7.15. The molecular formula is C9H14IN3O2. The standard InChI is InChI=1S/C9H14IN3O2/c1-3-15-4-6(2)13-8-7(10)9(14)12-5-11-8/h5-6H,3-4H2,1-2H3,(H2,11,12,13,14). The van der Waals surface area contributed by atoms with Crippen LogP contribution in [0.15, 0.2) is 11.1 Å². The number of hydrogen-bond donors (Lipinski definition) is 2. The van der Waals surface area contributed by atoms with Crippen LogP contribution < -0.4 is 10.9 Å². The minimum atomic E-state index is -0.128. The van der Waals surface area contributed by atoms with Crippen molar-refractivity contribution in [2.75, 3.05) is 18.5 Å². The van der Waals surface area contributed by atoms with Gasteiger partial charge in [-0.25, -0.2) is 4.98 Å². The highest BCUT2D eigenvalue weighted by Crippen LogP contribution is 2.09. The van der Waals surface area contributed by atoms with Gasteiger partial charge in [-0.05, 0) is 36.4 Å². The second-order valence-electron chi connectivity index (χ2n) is 3.10. The number of halogens is 1. The van der Waals surface area contributed by atoms with Crippen molar-refractivity contribution in [3.8, 4) is 0 Å². The number of H-pyrrole nitrogens is 1. The van der Waals surface area contributed by atoms with Gasteiger partial charge < -0.3 is 15.0 Å². The van der Waals surface area contributed by atoms with Crippen LogP contribution in [0.3, 0.4) is 0 Å². The van der Waals surface area contributed by atoms with Gasteiger partial charge in [-0.15, -0.1) is 0 Å². The van der Waals surface area contributed by atoms with Crippen LogP contribution in [0.1, 0.15) is 13.8 Å². The molecule has 1 aromatic rings. The third-order valence-electron chi connectivity index (χ3n) is 1.75. The Kier molecular flexibility index (Phi) is 5.03. The number of aromatic nitrogens is 2. The molecule has 0 aliphatic carbocycles. The molecule has 0 aromatic carbocycles. The fourth-order valence-corrected chi connectivity index (χ4v) is 1.50. The Morgan fingerprint density at radius 1 is 1.73 bits per heavy atom. The van der Waals surface area contributed by atoms with Crippen LogP contribution in [-0.4, -0.2) is 29.2 Å². The first kappa shape index (κ1) is 12.4. The zero-order valence-corrected chi connectivity index (χ0v) is 10.9. The minimum absolute atomic E-state index is 0.128. The molecule has 0 bridgehead atoms. The Hall–Kier alpha value is -0.630. The molecule has 2 N–H and O–H groups in total. The Morgan fingerprint density at radius 3 is 3.13 bits per heavy atom. The van der Waals surface area contributed by atoms with E-state index >= 15 is 0 Å². The van der Waals surface area contributed by atoms with E-state index in [-0.39, 0.29) is 11.6 Å². The first-order valence-corrected chi connectivity index (χ1v) is 5.80. The average molecular weight is 323 g/mol. The number of aromatic amines is 1. The number of nitrogens with zero attached hydrogens (tertiary/aromatic N) is 1. The molecule has 84 valence electrons. The monoisotopic (exact) mass is 323 g/mol. The van der Waals surface area contributed by atoms with Gasteiger partial charge in [-0.1, -0.05) is 0 Å². The lowest BCUT2D eigenvalue weighted by Crippen LogP contribution is -2.25. The van der Waals surface area contributed by atoms with Crippen LogP contribution >= 0.6 is 22.6 Å².